The zero-order chi connectivity index (χ0) is 22.5. The van der Waals surface area contributed by atoms with Crippen molar-refractivity contribution in [3.05, 3.63) is 58.7 Å². The lowest BCUT2D eigenvalue weighted by Crippen LogP contribution is -2.40. The molecule has 4 heterocycles. The molecule has 1 fully saturated rings. The first kappa shape index (κ1) is 22.6. The molecule has 3 aromatic rings. The van der Waals surface area contributed by atoms with Gasteiger partial charge in [0.2, 0.25) is 5.91 Å². The molecule has 1 aliphatic rings. The van der Waals surface area contributed by atoms with Crippen molar-refractivity contribution in [2.75, 3.05) is 26.2 Å². The molecule has 0 saturated carbocycles. The first-order valence-corrected chi connectivity index (χ1v) is 12.3. The zero-order valence-corrected chi connectivity index (χ0v) is 19.8. The van der Waals surface area contributed by atoms with E-state index >= 15 is 0 Å². The summed E-state index contributed by atoms with van der Waals surface area (Å²) in [7, 11) is 0. The van der Waals surface area contributed by atoms with Crippen LogP contribution in [0.5, 0.6) is 0 Å². The van der Waals surface area contributed by atoms with Crippen molar-refractivity contribution in [2.24, 2.45) is 5.92 Å². The van der Waals surface area contributed by atoms with E-state index < -0.39 is 0 Å². The van der Waals surface area contributed by atoms with Gasteiger partial charge < -0.3 is 14.5 Å². The third-order valence-corrected chi connectivity index (χ3v) is 6.94. The summed E-state index contributed by atoms with van der Waals surface area (Å²) >= 11 is 3.03. The van der Waals surface area contributed by atoms with Gasteiger partial charge in [-0.1, -0.05) is 26.0 Å². The third-order valence-electron chi connectivity index (χ3n) is 5.06. The molecule has 9 heteroatoms. The van der Waals surface area contributed by atoms with E-state index in [9.17, 15) is 9.59 Å². The highest BCUT2D eigenvalue weighted by atomic mass is 32.1. The van der Waals surface area contributed by atoms with Crippen LogP contribution in [0.4, 0.5) is 0 Å². The zero-order valence-electron chi connectivity index (χ0n) is 18.1. The molecule has 0 N–H and O–H groups in total. The van der Waals surface area contributed by atoms with Gasteiger partial charge >= 0.3 is 0 Å². The number of nitrogens with zero attached hydrogens (tertiary/aromatic N) is 4. The molecule has 0 aliphatic carbocycles. The Hall–Kier alpha value is -2.62. The van der Waals surface area contributed by atoms with E-state index in [2.05, 4.69) is 23.8 Å². The molecule has 0 unspecified atom stereocenters. The fourth-order valence-electron chi connectivity index (χ4n) is 3.60. The smallest absolute Gasteiger partial charge is 0.273 e. The molecule has 0 aromatic carbocycles. The van der Waals surface area contributed by atoms with Crippen LogP contribution in [0.1, 0.15) is 29.9 Å². The van der Waals surface area contributed by atoms with E-state index in [1.165, 1.54) is 11.3 Å². The fourth-order valence-corrected chi connectivity index (χ4v) is 5.21. The Bertz CT molecular complexity index is 1040. The second-order valence-electron chi connectivity index (χ2n) is 8.19. The predicted molar refractivity (Wildman–Crippen MR) is 126 cm³/mol. The van der Waals surface area contributed by atoms with Crippen molar-refractivity contribution in [1.82, 2.24) is 19.8 Å². The molecule has 0 radical (unpaired) electrons. The molecular weight excluding hydrogens is 444 g/mol. The number of thiazole rings is 1. The largest absolute Gasteiger partial charge is 0.370 e. The lowest BCUT2D eigenvalue weighted by molar-refractivity contribution is -0.132. The lowest BCUT2D eigenvalue weighted by Gasteiger charge is -2.26. The van der Waals surface area contributed by atoms with Crippen molar-refractivity contribution >= 4 is 34.5 Å². The summed E-state index contributed by atoms with van der Waals surface area (Å²) in [5.41, 5.74) is 1.32. The van der Waals surface area contributed by atoms with Gasteiger partial charge in [0.05, 0.1) is 17.6 Å². The second-order valence-corrected chi connectivity index (χ2v) is 9.99. The van der Waals surface area contributed by atoms with E-state index in [0.29, 0.717) is 37.9 Å². The monoisotopic (exact) mass is 470 g/mol. The van der Waals surface area contributed by atoms with Gasteiger partial charge in [0, 0.05) is 37.4 Å². The number of amides is 2. The summed E-state index contributed by atoms with van der Waals surface area (Å²) in [5.74, 6) is 0.0269. The van der Waals surface area contributed by atoms with Crippen LogP contribution >= 0.6 is 22.7 Å². The summed E-state index contributed by atoms with van der Waals surface area (Å²) in [6.07, 6.45) is 3.19. The van der Waals surface area contributed by atoms with Crippen molar-refractivity contribution < 1.29 is 14.3 Å². The number of pyridine rings is 1. The van der Waals surface area contributed by atoms with Gasteiger partial charge in [-0.3, -0.25) is 14.6 Å². The van der Waals surface area contributed by atoms with E-state index in [0.717, 1.165) is 15.4 Å². The maximum atomic E-state index is 13.3. The number of hydrogen-bond acceptors (Lipinski definition) is 7. The molecule has 0 bridgehead atoms. The summed E-state index contributed by atoms with van der Waals surface area (Å²) in [6, 6.07) is 7.76. The van der Waals surface area contributed by atoms with Crippen molar-refractivity contribution in [1.29, 1.82) is 0 Å². The highest BCUT2D eigenvalue weighted by Gasteiger charge is 2.32. The molecular formula is C23H26N4O3S2. The number of ether oxygens (including phenoxy) is 1. The van der Waals surface area contributed by atoms with E-state index in [-0.39, 0.29) is 24.5 Å². The van der Waals surface area contributed by atoms with Gasteiger partial charge in [-0.05, 0) is 29.0 Å². The minimum atomic E-state index is -0.292. The fraction of sp³-hybridized carbons (Fsp3) is 0.391. The van der Waals surface area contributed by atoms with E-state index in [4.69, 9.17) is 4.74 Å². The minimum Gasteiger partial charge on any atom is -0.370 e. The van der Waals surface area contributed by atoms with Crippen LogP contribution in [0.25, 0.3) is 9.88 Å². The van der Waals surface area contributed by atoms with E-state index in [1.807, 2.05) is 34.5 Å². The standard InChI is InChI=1S/C23H26N4O3S2/c1-16(2)10-26-11-18(30-14-17-5-3-7-24-9-17)12-27(13-21(26)28)23(29)19-15-32-22(25-19)20-6-4-8-31-20/h3-9,15-16,18H,10-14H2,1-2H3/t18-/m0/s1. The maximum Gasteiger partial charge on any atom is 0.273 e. The van der Waals surface area contributed by atoms with Gasteiger partial charge in [0.1, 0.15) is 17.2 Å². The normalized spacial score (nSPS) is 17.1. The Morgan fingerprint density at radius 1 is 1.25 bits per heavy atom. The van der Waals surface area contributed by atoms with Crippen LogP contribution in [-0.2, 0) is 16.1 Å². The molecule has 1 aliphatic heterocycles. The Labute approximate surface area is 195 Å². The molecule has 3 aromatic heterocycles. The number of carbonyl (C=O) groups is 2. The molecule has 2 amide bonds. The number of thiophene rings is 1. The number of hydrogen-bond donors (Lipinski definition) is 0. The highest BCUT2D eigenvalue weighted by molar-refractivity contribution is 7.20. The Balaban J connectivity index is 1.51. The Morgan fingerprint density at radius 2 is 2.12 bits per heavy atom. The molecule has 0 spiro atoms. The van der Waals surface area contributed by atoms with Crippen LogP contribution in [-0.4, -0.2) is 63.9 Å². The van der Waals surface area contributed by atoms with Gasteiger partial charge in [0.15, 0.2) is 0 Å². The van der Waals surface area contributed by atoms with Crippen LogP contribution in [0.2, 0.25) is 0 Å². The van der Waals surface area contributed by atoms with Crippen LogP contribution < -0.4 is 0 Å². The molecule has 7 nitrogen and oxygen atoms in total. The summed E-state index contributed by atoms with van der Waals surface area (Å²) < 4.78 is 6.15. The number of rotatable bonds is 7. The topological polar surface area (TPSA) is 75.6 Å². The highest BCUT2D eigenvalue weighted by Crippen LogP contribution is 2.28. The maximum absolute atomic E-state index is 13.3. The van der Waals surface area contributed by atoms with Crippen LogP contribution in [0, 0.1) is 5.92 Å². The average Bonchev–Trinajstić information content (AvgIpc) is 3.45. The second kappa shape index (κ2) is 10.3. The molecule has 168 valence electrons. The minimum absolute atomic E-state index is 0.0319. The predicted octanol–water partition coefficient (Wildman–Crippen LogP) is 3.79. The first-order chi connectivity index (χ1) is 15.5. The van der Waals surface area contributed by atoms with Gasteiger partial charge in [0.25, 0.3) is 5.91 Å². The summed E-state index contributed by atoms with van der Waals surface area (Å²) in [4.78, 5) is 39.3. The Morgan fingerprint density at radius 3 is 2.84 bits per heavy atom. The SMILES string of the molecule is CC(C)CN1C[C@H](OCc2cccnc2)CN(C(=O)c2csc(-c3cccs3)n2)CC1=O. The van der Waals surface area contributed by atoms with Crippen LogP contribution in [0.3, 0.4) is 0 Å². The Kier molecular flexibility index (Phi) is 7.29. The van der Waals surface area contributed by atoms with Crippen molar-refractivity contribution in [2.45, 2.75) is 26.6 Å². The molecule has 1 saturated heterocycles. The first-order valence-electron chi connectivity index (χ1n) is 10.6. The van der Waals surface area contributed by atoms with Crippen molar-refractivity contribution in [3.8, 4) is 9.88 Å². The summed E-state index contributed by atoms with van der Waals surface area (Å²) in [6.45, 7) is 5.99. The van der Waals surface area contributed by atoms with Crippen molar-refractivity contribution in [3.63, 3.8) is 0 Å². The van der Waals surface area contributed by atoms with Gasteiger partial charge in [-0.2, -0.15) is 0 Å². The summed E-state index contributed by atoms with van der Waals surface area (Å²) in [5, 5.41) is 4.57. The van der Waals surface area contributed by atoms with Crippen LogP contribution in [0.15, 0.2) is 47.4 Å². The molecule has 1 atom stereocenters. The average molecular weight is 471 g/mol. The quantitative estimate of drug-likeness (QED) is 0.525. The third kappa shape index (κ3) is 5.59. The molecule has 32 heavy (non-hydrogen) atoms. The van der Waals surface area contributed by atoms with E-state index in [1.54, 1.807) is 34.0 Å². The molecule has 4 rings (SSSR count). The number of aromatic nitrogens is 2. The lowest BCUT2D eigenvalue weighted by atomic mass is 10.2. The van der Waals surface area contributed by atoms with Gasteiger partial charge in [-0.15, -0.1) is 22.7 Å². The number of carbonyl (C=O) groups excluding carboxylic acids is 2. The van der Waals surface area contributed by atoms with Gasteiger partial charge in [-0.25, -0.2) is 4.98 Å².